The molecule has 31 heavy (non-hydrogen) atoms. The SMILES string of the molecule is Cc1nn(-c2c(F)c(F)c(C(F)(F)F)c(F)c2F)c(O)c1C(=O)c1ccc(F)cc1.[Mn]. The van der Waals surface area contributed by atoms with Crippen molar-refractivity contribution in [2.75, 3.05) is 0 Å². The van der Waals surface area contributed by atoms with Gasteiger partial charge in [-0.2, -0.15) is 23.0 Å². The molecule has 0 aliphatic heterocycles. The van der Waals surface area contributed by atoms with Crippen molar-refractivity contribution in [2.45, 2.75) is 13.1 Å². The fraction of sp³-hybridized carbons (Fsp3) is 0.111. The summed E-state index contributed by atoms with van der Waals surface area (Å²) in [5, 5.41) is 13.6. The number of nitrogens with zero attached hydrogens (tertiary/aromatic N) is 2. The van der Waals surface area contributed by atoms with Gasteiger partial charge >= 0.3 is 6.18 Å². The summed E-state index contributed by atoms with van der Waals surface area (Å²) in [5.74, 6) is -13.5. The van der Waals surface area contributed by atoms with Crippen LogP contribution in [0.15, 0.2) is 24.3 Å². The van der Waals surface area contributed by atoms with Crippen molar-refractivity contribution in [3.8, 4) is 11.6 Å². The Bertz CT molecular complexity index is 1140. The van der Waals surface area contributed by atoms with Crippen molar-refractivity contribution < 1.29 is 62.1 Å². The smallest absolute Gasteiger partial charge is 0.422 e. The Hall–Kier alpha value is -2.92. The molecule has 1 radical (unpaired) electrons. The Morgan fingerprint density at radius 2 is 1.42 bits per heavy atom. The van der Waals surface area contributed by atoms with Gasteiger partial charge in [0.1, 0.15) is 22.6 Å². The average Bonchev–Trinajstić information content (AvgIpc) is 2.93. The van der Waals surface area contributed by atoms with E-state index in [1.54, 1.807) is 0 Å². The van der Waals surface area contributed by atoms with E-state index in [9.17, 15) is 45.0 Å². The van der Waals surface area contributed by atoms with Gasteiger partial charge in [-0.1, -0.05) is 0 Å². The second-order valence-corrected chi connectivity index (χ2v) is 6.01. The van der Waals surface area contributed by atoms with Gasteiger partial charge in [-0.05, 0) is 31.2 Å². The van der Waals surface area contributed by atoms with Crippen molar-refractivity contribution in [1.82, 2.24) is 9.78 Å². The standard InChI is InChI=1S/C18H8F8N2O2.Mn/c1-6-9(16(29)7-2-4-8(19)5-3-7)17(30)28(27-6)15-13(22)11(20)10(18(24,25)26)12(21)14(15)23;/h2-5,30H,1H3;. The zero-order valence-corrected chi connectivity index (χ0v) is 16.1. The maximum Gasteiger partial charge on any atom is 0.422 e. The molecule has 0 saturated carbocycles. The minimum absolute atomic E-state index is 0. The minimum Gasteiger partial charge on any atom is -0.493 e. The molecule has 165 valence electrons. The number of hydrogen-bond acceptors (Lipinski definition) is 3. The fourth-order valence-corrected chi connectivity index (χ4v) is 2.74. The van der Waals surface area contributed by atoms with Crippen molar-refractivity contribution in [1.29, 1.82) is 0 Å². The van der Waals surface area contributed by atoms with Crippen molar-refractivity contribution in [3.63, 3.8) is 0 Å². The van der Waals surface area contributed by atoms with Crippen LogP contribution >= 0.6 is 0 Å². The van der Waals surface area contributed by atoms with Crippen molar-refractivity contribution in [2.24, 2.45) is 0 Å². The van der Waals surface area contributed by atoms with Crippen LogP contribution in [0.25, 0.3) is 5.69 Å². The van der Waals surface area contributed by atoms with Gasteiger partial charge in [-0.3, -0.25) is 4.79 Å². The normalized spacial score (nSPS) is 11.4. The van der Waals surface area contributed by atoms with Gasteiger partial charge in [0.05, 0.1) is 5.69 Å². The van der Waals surface area contributed by atoms with Crippen LogP contribution < -0.4 is 0 Å². The molecule has 3 rings (SSSR count). The first kappa shape index (κ1) is 24.3. The van der Waals surface area contributed by atoms with E-state index in [4.69, 9.17) is 0 Å². The van der Waals surface area contributed by atoms with E-state index >= 15 is 0 Å². The third kappa shape index (κ3) is 4.02. The van der Waals surface area contributed by atoms with Crippen LogP contribution in [0.5, 0.6) is 5.88 Å². The second kappa shape index (κ2) is 8.31. The number of halogens is 8. The van der Waals surface area contributed by atoms with E-state index in [2.05, 4.69) is 5.10 Å². The van der Waals surface area contributed by atoms with E-state index in [0.717, 1.165) is 31.2 Å². The maximum absolute atomic E-state index is 14.2. The first-order valence-corrected chi connectivity index (χ1v) is 7.88. The Morgan fingerprint density at radius 1 is 0.935 bits per heavy atom. The van der Waals surface area contributed by atoms with E-state index in [-0.39, 0.29) is 33.0 Å². The molecule has 0 aliphatic carbocycles. The molecule has 1 N–H and O–H groups in total. The molecule has 0 fully saturated rings. The molecule has 2 aromatic carbocycles. The monoisotopic (exact) mass is 491 g/mol. The zero-order valence-electron chi connectivity index (χ0n) is 15.0. The average molecular weight is 491 g/mol. The van der Waals surface area contributed by atoms with E-state index in [1.807, 2.05) is 0 Å². The van der Waals surface area contributed by atoms with Crippen molar-refractivity contribution in [3.05, 3.63) is 75.7 Å². The minimum atomic E-state index is -5.75. The van der Waals surface area contributed by atoms with Gasteiger partial charge in [0.2, 0.25) is 5.88 Å². The predicted molar refractivity (Wildman–Crippen MR) is 84.6 cm³/mol. The molecule has 0 saturated heterocycles. The number of aromatic hydroxyl groups is 1. The second-order valence-electron chi connectivity index (χ2n) is 6.01. The van der Waals surface area contributed by atoms with E-state index in [1.165, 1.54) is 0 Å². The zero-order chi connectivity index (χ0) is 22.5. The summed E-state index contributed by atoms with van der Waals surface area (Å²) in [4.78, 5) is 12.5. The van der Waals surface area contributed by atoms with Gasteiger partial charge in [0, 0.05) is 22.6 Å². The summed E-state index contributed by atoms with van der Waals surface area (Å²) in [6.45, 7) is 1.08. The first-order valence-electron chi connectivity index (χ1n) is 7.88. The van der Waals surface area contributed by atoms with Crippen LogP contribution in [0.3, 0.4) is 0 Å². The number of ketones is 1. The Kier molecular flexibility index (Phi) is 6.53. The number of hydrogen-bond donors (Lipinski definition) is 1. The number of rotatable bonds is 3. The molecular formula is C18H8F8MnN2O2. The van der Waals surface area contributed by atoms with Crippen LogP contribution in [0, 0.1) is 36.0 Å². The van der Waals surface area contributed by atoms with Gasteiger partial charge in [0.25, 0.3) is 0 Å². The van der Waals surface area contributed by atoms with Crippen LogP contribution in [0.4, 0.5) is 35.1 Å². The molecule has 0 amide bonds. The molecule has 3 aromatic rings. The molecule has 4 nitrogen and oxygen atoms in total. The summed E-state index contributed by atoms with van der Waals surface area (Å²) in [6.07, 6.45) is -5.75. The summed E-state index contributed by atoms with van der Waals surface area (Å²) in [7, 11) is 0. The van der Waals surface area contributed by atoms with Crippen LogP contribution in [0.1, 0.15) is 27.2 Å². The molecule has 0 spiro atoms. The largest absolute Gasteiger partial charge is 0.493 e. The van der Waals surface area contributed by atoms with Gasteiger partial charge in [-0.15, -0.1) is 0 Å². The van der Waals surface area contributed by atoms with E-state index in [0.29, 0.717) is 0 Å². The number of benzene rings is 2. The van der Waals surface area contributed by atoms with Crippen LogP contribution in [-0.2, 0) is 23.2 Å². The van der Waals surface area contributed by atoms with E-state index < -0.39 is 63.7 Å². The number of carbonyl (C=O) groups is 1. The maximum atomic E-state index is 14.2. The third-order valence-electron chi connectivity index (χ3n) is 4.10. The van der Waals surface area contributed by atoms with Crippen molar-refractivity contribution >= 4 is 5.78 Å². The molecule has 13 heteroatoms. The van der Waals surface area contributed by atoms with Crippen LogP contribution in [0.2, 0.25) is 0 Å². The molecular weight excluding hydrogens is 483 g/mol. The number of alkyl halides is 3. The van der Waals surface area contributed by atoms with Gasteiger partial charge < -0.3 is 5.11 Å². The quantitative estimate of drug-likeness (QED) is 0.247. The number of aromatic nitrogens is 2. The van der Waals surface area contributed by atoms with Crippen LogP contribution in [-0.4, -0.2) is 20.7 Å². The topological polar surface area (TPSA) is 55.1 Å². The van der Waals surface area contributed by atoms with Gasteiger partial charge in [0.15, 0.2) is 29.1 Å². The summed E-state index contributed by atoms with van der Waals surface area (Å²) < 4.78 is 107. The summed E-state index contributed by atoms with van der Waals surface area (Å²) in [6, 6.07) is 3.85. The number of carbonyl (C=O) groups excluding carboxylic acids is 1. The molecule has 0 unspecified atom stereocenters. The fourth-order valence-electron chi connectivity index (χ4n) is 2.74. The first-order chi connectivity index (χ1) is 13.9. The molecule has 1 aromatic heterocycles. The van der Waals surface area contributed by atoms with Gasteiger partial charge in [-0.25, -0.2) is 22.0 Å². The Balaban J connectivity index is 0.00000341. The number of aryl methyl sites for hydroxylation is 1. The summed E-state index contributed by atoms with van der Waals surface area (Å²) in [5.41, 5.74) is -5.81. The molecule has 0 aliphatic rings. The summed E-state index contributed by atoms with van der Waals surface area (Å²) >= 11 is 0. The Labute approximate surface area is 178 Å². The molecule has 0 atom stereocenters. The Morgan fingerprint density at radius 3 is 1.87 bits per heavy atom. The third-order valence-corrected chi connectivity index (χ3v) is 4.10. The molecule has 1 heterocycles. The predicted octanol–water partition coefficient (Wildman–Crippen LogP) is 4.83. The molecule has 0 bridgehead atoms.